The van der Waals surface area contributed by atoms with Crippen LogP contribution in [0.15, 0.2) is 14.6 Å². The molecule has 7 heteroatoms. The Kier molecular flexibility index (Phi) is 3.90. The van der Waals surface area contributed by atoms with Crippen LogP contribution in [0.25, 0.3) is 0 Å². The fraction of sp³-hybridized carbons (Fsp3) is 0.571. The minimum absolute atomic E-state index is 0.0649. The fourth-order valence-electron chi connectivity index (χ4n) is 0.848. The van der Waals surface area contributed by atoms with Gasteiger partial charge in [-0.05, 0) is 6.42 Å². The van der Waals surface area contributed by atoms with Gasteiger partial charge in [0.1, 0.15) is 0 Å². The van der Waals surface area contributed by atoms with Gasteiger partial charge in [-0.25, -0.2) is 9.89 Å². The highest BCUT2D eigenvalue weighted by molar-refractivity contribution is 7.99. The first kappa shape index (κ1) is 11.0. The lowest BCUT2D eigenvalue weighted by Gasteiger charge is -2.06. The van der Waals surface area contributed by atoms with Gasteiger partial charge < -0.3 is 5.11 Å². The molecule has 0 spiro atoms. The SMILES string of the molecule is CC(CCO)Sc1n[nH]c(=O)[nH]c1=O. The number of aromatic nitrogens is 3. The van der Waals surface area contributed by atoms with Crippen molar-refractivity contribution in [2.45, 2.75) is 23.6 Å². The third-order valence-electron chi connectivity index (χ3n) is 1.53. The highest BCUT2D eigenvalue weighted by atomic mass is 32.2. The van der Waals surface area contributed by atoms with E-state index >= 15 is 0 Å². The van der Waals surface area contributed by atoms with Crippen molar-refractivity contribution < 1.29 is 5.11 Å². The summed E-state index contributed by atoms with van der Waals surface area (Å²) in [5.74, 6) is 0. The lowest BCUT2D eigenvalue weighted by molar-refractivity contribution is 0.289. The third-order valence-corrected chi connectivity index (χ3v) is 2.67. The molecule has 1 heterocycles. The van der Waals surface area contributed by atoms with Crippen molar-refractivity contribution in [1.29, 1.82) is 0 Å². The molecule has 78 valence electrons. The maximum atomic E-state index is 11.2. The number of nitrogens with zero attached hydrogens (tertiary/aromatic N) is 1. The number of nitrogens with one attached hydrogen (secondary N) is 2. The average molecular weight is 217 g/mol. The van der Waals surface area contributed by atoms with Gasteiger partial charge in [-0.2, -0.15) is 5.10 Å². The predicted molar refractivity (Wildman–Crippen MR) is 52.5 cm³/mol. The number of hydrogen-bond acceptors (Lipinski definition) is 5. The van der Waals surface area contributed by atoms with E-state index in [1.807, 2.05) is 6.92 Å². The van der Waals surface area contributed by atoms with Gasteiger partial charge in [0.2, 0.25) is 0 Å². The first-order valence-electron chi connectivity index (χ1n) is 4.10. The molecule has 14 heavy (non-hydrogen) atoms. The molecular formula is C7H11N3O3S. The molecule has 0 bridgehead atoms. The summed E-state index contributed by atoms with van der Waals surface area (Å²) in [6, 6.07) is 0. The van der Waals surface area contributed by atoms with Crippen LogP contribution >= 0.6 is 11.8 Å². The van der Waals surface area contributed by atoms with E-state index in [4.69, 9.17) is 5.11 Å². The highest BCUT2D eigenvalue weighted by Crippen LogP contribution is 2.18. The van der Waals surface area contributed by atoms with E-state index in [1.54, 1.807) is 0 Å². The van der Waals surface area contributed by atoms with Crippen LogP contribution in [0.5, 0.6) is 0 Å². The van der Waals surface area contributed by atoms with E-state index in [1.165, 1.54) is 11.8 Å². The standard InChI is InChI=1S/C7H11N3O3S/c1-4(2-3-11)14-6-5(12)8-7(13)10-9-6/h4,11H,2-3H2,1H3,(H2,8,10,12,13). The second-order valence-corrected chi connectivity index (χ2v) is 4.18. The van der Waals surface area contributed by atoms with Crippen LogP contribution in [0.2, 0.25) is 0 Å². The Labute approximate surface area is 83.8 Å². The van der Waals surface area contributed by atoms with Crippen molar-refractivity contribution in [3.05, 3.63) is 20.8 Å². The van der Waals surface area contributed by atoms with Crippen molar-refractivity contribution in [3.63, 3.8) is 0 Å². The quantitative estimate of drug-likeness (QED) is 0.580. The summed E-state index contributed by atoms with van der Waals surface area (Å²) in [6.45, 7) is 1.93. The molecule has 0 fully saturated rings. The Morgan fingerprint density at radius 3 is 2.86 bits per heavy atom. The number of thioether (sulfide) groups is 1. The minimum Gasteiger partial charge on any atom is -0.396 e. The molecule has 0 aliphatic rings. The van der Waals surface area contributed by atoms with Crippen molar-refractivity contribution in [3.8, 4) is 0 Å². The molecule has 6 nitrogen and oxygen atoms in total. The number of H-pyrrole nitrogens is 2. The lowest BCUT2D eigenvalue weighted by atomic mass is 10.3. The van der Waals surface area contributed by atoms with E-state index in [2.05, 4.69) is 15.2 Å². The molecule has 0 saturated heterocycles. The maximum absolute atomic E-state index is 11.2. The van der Waals surface area contributed by atoms with E-state index in [-0.39, 0.29) is 16.9 Å². The van der Waals surface area contributed by atoms with Gasteiger partial charge in [-0.15, -0.1) is 0 Å². The molecule has 0 aromatic carbocycles. The summed E-state index contributed by atoms with van der Waals surface area (Å²) >= 11 is 1.22. The molecule has 0 aliphatic carbocycles. The molecule has 0 saturated carbocycles. The average Bonchev–Trinajstić information content (AvgIpc) is 2.10. The molecule has 1 aromatic rings. The zero-order valence-corrected chi connectivity index (χ0v) is 8.43. The van der Waals surface area contributed by atoms with Crippen molar-refractivity contribution in [1.82, 2.24) is 15.2 Å². The summed E-state index contributed by atoms with van der Waals surface area (Å²) in [6.07, 6.45) is 0.574. The van der Waals surface area contributed by atoms with Crippen LogP contribution in [0.1, 0.15) is 13.3 Å². The van der Waals surface area contributed by atoms with Gasteiger partial charge in [-0.3, -0.25) is 9.78 Å². The molecule has 0 aliphatic heterocycles. The van der Waals surface area contributed by atoms with Gasteiger partial charge in [-0.1, -0.05) is 18.7 Å². The zero-order chi connectivity index (χ0) is 10.6. The zero-order valence-electron chi connectivity index (χ0n) is 7.61. The van der Waals surface area contributed by atoms with Gasteiger partial charge >= 0.3 is 5.69 Å². The second-order valence-electron chi connectivity index (χ2n) is 2.75. The predicted octanol–water partition coefficient (Wildman–Crippen LogP) is -0.679. The fourth-order valence-corrected chi connectivity index (χ4v) is 1.71. The molecule has 1 aromatic heterocycles. The number of aliphatic hydroxyl groups is 1. The number of hydrogen-bond donors (Lipinski definition) is 3. The van der Waals surface area contributed by atoms with E-state index in [9.17, 15) is 9.59 Å². The van der Waals surface area contributed by atoms with Gasteiger partial charge in [0.25, 0.3) is 5.56 Å². The Hall–Kier alpha value is -1.08. The van der Waals surface area contributed by atoms with Gasteiger partial charge in [0.05, 0.1) is 0 Å². The van der Waals surface area contributed by atoms with Gasteiger partial charge in [0.15, 0.2) is 5.03 Å². The van der Waals surface area contributed by atoms with Crippen LogP contribution in [0, 0.1) is 0 Å². The molecule has 1 rings (SSSR count). The monoisotopic (exact) mass is 217 g/mol. The summed E-state index contributed by atoms with van der Waals surface area (Å²) in [7, 11) is 0. The van der Waals surface area contributed by atoms with Crippen LogP contribution < -0.4 is 11.2 Å². The van der Waals surface area contributed by atoms with Crippen molar-refractivity contribution >= 4 is 11.8 Å². The van der Waals surface area contributed by atoms with Crippen LogP contribution in [-0.4, -0.2) is 32.1 Å². The number of aliphatic hydroxyl groups excluding tert-OH is 1. The molecule has 3 N–H and O–H groups in total. The van der Waals surface area contributed by atoms with Crippen LogP contribution in [0.4, 0.5) is 0 Å². The maximum Gasteiger partial charge on any atom is 0.342 e. The Balaban J connectivity index is 2.77. The van der Waals surface area contributed by atoms with E-state index in [0.717, 1.165) is 0 Å². The molecule has 1 atom stereocenters. The summed E-state index contributed by atoms with van der Waals surface area (Å²) < 4.78 is 0. The second kappa shape index (κ2) is 4.97. The van der Waals surface area contributed by atoms with E-state index < -0.39 is 11.2 Å². The molecular weight excluding hydrogens is 206 g/mol. The highest BCUT2D eigenvalue weighted by Gasteiger charge is 2.08. The third kappa shape index (κ3) is 3.00. The first-order chi connectivity index (χ1) is 6.63. The largest absolute Gasteiger partial charge is 0.396 e. The van der Waals surface area contributed by atoms with Crippen molar-refractivity contribution in [2.75, 3.05) is 6.61 Å². The first-order valence-corrected chi connectivity index (χ1v) is 4.98. The minimum atomic E-state index is -0.617. The Morgan fingerprint density at radius 2 is 2.29 bits per heavy atom. The summed E-state index contributed by atoms with van der Waals surface area (Å²) in [4.78, 5) is 23.9. The smallest absolute Gasteiger partial charge is 0.342 e. The molecule has 0 radical (unpaired) electrons. The molecule has 1 unspecified atom stereocenters. The number of aromatic amines is 2. The van der Waals surface area contributed by atoms with Gasteiger partial charge in [0, 0.05) is 11.9 Å². The summed E-state index contributed by atoms with van der Waals surface area (Å²) in [5, 5.41) is 14.7. The number of rotatable bonds is 4. The Morgan fingerprint density at radius 1 is 1.57 bits per heavy atom. The Bertz CT molecular complexity index is 400. The van der Waals surface area contributed by atoms with E-state index in [0.29, 0.717) is 6.42 Å². The van der Waals surface area contributed by atoms with Crippen LogP contribution in [0.3, 0.4) is 0 Å². The summed E-state index contributed by atoms with van der Waals surface area (Å²) in [5.41, 5.74) is -1.11. The van der Waals surface area contributed by atoms with Crippen LogP contribution in [-0.2, 0) is 0 Å². The lowest BCUT2D eigenvalue weighted by Crippen LogP contribution is -2.25. The van der Waals surface area contributed by atoms with Crippen molar-refractivity contribution in [2.24, 2.45) is 0 Å². The molecule has 0 amide bonds. The normalized spacial score (nSPS) is 12.7. The topological polar surface area (TPSA) is 98.8 Å².